The minimum Gasteiger partial charge on any atom is -0.352 e. The van der Waals surface area contributed by atoms with Gasteiger partial charge in [-0.2, -0.15) is 0 Å². The summed E-state index contributed by atoms with van der Waals surface area (Å²) in [6.45, 7) is 1.93. The molecule has 2 rings (SSSR count). The second kappa shape index (κ2) is 4.40. The highest BCUT2D eigenvalue weighted by Gasteiger charge is 2.31. The van der Waals surface area contributed by atoms with Crippen molar-refractivity contribution in [2.75, 3.05) is 0 Å². The summed E-state index contributed by atoms with van der Waals surface area (Å²) in [6, 6.07) is 8.14. The topological polar surface area (TPSA) is 29.1 Å². The molecule has 0 saturated heterocycles. The van der Waals surface area contributed by atoms with Gasteiger partial charge in [-0.25, -0.2) is 0 Å². The van der Waals surface area contributed by atoms with Gasteiger partial charge >= 0.3 is 0 Å². The first-order valence-electron chi connectivity index (χ1n) is 5.54. The van der Waals surface area contributed by atoms with Gasteiger partial charge in [0.15, 0.2) is 0 Å². The zero-order valence-corrected chi connectivity index (χ0v) is 9.36. The van der Waals surface area contributed by atoms with E-state index in [0.29, 0.717) is 6.42 Å². The molecule has 1 aliphatic carbocycles. The molecule has 1 aromatic carbocycles. The summed E-state index contributed by atoms with van der Waals surface area (Å²) in [6.07, 6.45) is 6.64. The molecular formula is C14H15NO. The van der Waals surface area contributed by atoms with E-state index in [1.807, 2.05) is 25.1 Å². The zero-order chi connectivity index (χ0) is 11.5. The summed E-state index contributed by atoms with van der Waals surface area (Å²) in [4.78, 5) is 11.9. The molecule has 2 nitrogen and oxygen atoms in total. The number of hydrogen-bond acceptors (Lipinski definition) is 1. The standard InChI is InChI=1S/C14H15NO/c1-3-6-10(2)15-14(16)13-9-11-7-4-5-8-12(11)13/h1,4-5,7-8,10,13H,6,9H2,2H3,(H,15,16). The number of rotatable bonds is 3. The molecule has 0 heterocycles. The van der Waals surface area contributed by atoms with Crippen molar-refractivity contribution in [2.45, 2.75) is 31.7 Å². The van der Waals surface area contributed by atoms with Crippen molar-refractivity contribution in [3.05, 3.63) is 35.4 Å². The lowest BCUT2D eigenvalue weighted by Gasteiger charge is -2.29. The SMILES string of the molecule is C#CCC(C)NC(=O)C1Cc2ccccc21. The van der Waals surface area contributed by atoms with Crippen molar-refractivity contribution in [1.82, 2.24) is 5.32 Å². The molecule has 16 heavy (non-hydrogen) atoms. The molecule has 1 aliphatic rings. The van der Waals surface area contributed by atoms with E-state index >= 15 is 0 Å². The second-order valence-corrected chi connectivity index (χ2v) is 4.27. The fourth-order valence-corrected chi connectivity index (χ4v) is 2.06. The van der Waals surface area contributed by atoms with Crippen LogP contribution in [0, 0.1) is 12.3 Å². The Labute approximate surface area is 96.1 Å². The Hall–Kier alpha value is -1.75. The third-order valence-corrected chi connectivity index (χ3v) is 2.98. The number of amides is 1. The molecule has 1 aromatic rings. The van der Waals surface area contributed by atoms with Crippen molar-refractivity contribution in [3.63, 3.8) is 0 Å². The van der Waals surface area contributed by atoms with E-state index in [-0.39, 0.29) is 17.9 Å². The van der Waals surface area contributed by atoms with Crippen LogP contribution in [-0.2, 0) is 11.2 Å². The lowest BCUT2D eigenvalue weighted by Crippen LogP contribution is -2.40. The van der Waals surface area contributed by atoms with E-state index in [2.05, 4.69) is 17.3 Å². The Morgan fingerprint density at radius 1 is 1.62 bits per heavy atom. The lowest BCUT2D eigenvalue weighted by molar-refractivity contribution is -0.123. The van der Waals surface area contributed by atoms with Gasteiger partial charge in [0.1, 0.15) is 0 Å². The van der Waals surface area contributed by atoms with Crippen molar-refractivity contribution in [1.29, 1.82) is 0 Å². The summed E-state index contributed by atoms with van der Waals surface area (Å²) in [5.41, 5.74) is 2.44. The predicted octanol–water partition coefficient (Wildman–Crippen LogP) is 1.85. The van der Waals surface area contributed by atoms with Crippen LogP contribution >= 0.6 is 0 Å². The molecule has 2 heteroatoms. The molecule has 0 aliphatic heterocycles. The summed E-state index contributed by atoms with van der Waals surface area (Å²) >= 11 is 0. The van der Waals surface area contributed by atoms with Gasteiger partial charge in [0.2, 0.25) is 5.91 Å². The lowest BCUT2D eigenvalue weighted by atomic mass is 9.77. The fourth-order valence-electron chi connectivity index (χ4n) is 2.06. The zero-order valence-electron chi connectivity index (χ0n) is 9.36. The van der Waals surface area contributed by atoms with Crippen LogP contribution in [0.25, 0.3) is 0 Å². The van der Waals surface area contributed by atoms with Crippen LogP contribution < -0.4 is 5.32 Å². The van der Waals surface area contributed by atoms with Gasteiger partial charge in [0.25, 0.3) is 0 Å². The molecule has 0 aromatic heterocycles. The molecule has 0 bridgehead atoms. The Balaban J connectivity index is 1.97. The van der Waals surface area contributed by atoms with E-state index in [1.54, 1.807) is 0 Å². The monoisotopic (exact) mass is 213 g/mol. The van der Waals surface area contributed by atoms with Crippen molar-refractivity contribution < 1.29 is 4.79 Å². The Morgan fingerprint density at radius 2 is 2.38 bits per heavy atom. The van der Waals surface area contributed by atoms with Crippen molar-refractivity contribution in [2.24, 2.45) is 0 Å². The number of fused-ring (bicyclic) bond motifs is 1. The van der Waals surface area contributed by atoms with E-state index in [1.165, 1.54) is 5.56 Å². The van der Waals surface area contributed by atoms with Crippen molar-refractivity contribution >= 4 is 5.91 Å². The molecule has 0 saturated carbocycles. The molecular weight excluding hydrogens is 198 g/mol. The van der Waals surface area contributed by atoms with Crippen LogP contribution in [0.4, 0.5) is 0 Å². The number of carbonyl (C=O) groups excluding carboxylic acids is 1. The van der Waals surface area contributed by atoms with Gasteiger partial charge in [-0.1, -0.05) is 24.3 Å². The van der Waals surface area contributed by atoms with Crippen LogP contribution in [0.15, 0.2) is 24.3 Å². The third kappa shape index (κ3) is 1.94. The Morgan fingerprint density at radius 3 is 3.06 bits per heavy atom. The molecule has 2 atom stereocenters. The van der Waals surface area contributed by atoms with Gasteiger partial charge in [0.05, 0.1) is 5.92 Å². The van der Waals surface area contributed by atoms with Crippen LogP contribution in [0.5, 0.6) is 0 Å². The fraction of sp³-hybridized carbons (Fsp3) is 0.357. The third-order valence-electron chi connectivity index (χ3n) is 2.98. The van der Waals surface area contributed by atoms with Gasteiger partial charge in [-0.15, -0.1) is 12.3 Å². The summed E-state index contributed by atoms with van der Waals surface area (Å²) in [5, 5.41) is 2.94. The minimum absolute atomic E-state index is 0.0245. The average molecular weight is 213 g/mol. The maximum absolute atomic E-state index is 11.9. The highest BCUT2D eigenvalue weighted by atomic mass is 16.2. The van der Waals surface area contributed by atoms with E-state index in [4.69, 9.17) is 6.42 Å². The summed E-state index contributed by atoms with van der Waals surface area (Å²) < 4.78 is 0. The number of carbonyl (C=O) groups is 1. The normalized spacial score (nSPS) is 18.9. The highest BCUT2D eigenvalue weighted by molar-refractivity contribution is 5.87. The first kappa shape index (κ1) is 10.8. The first-order valence-corrected chi connectivity index (χ1v) is 5.54. The van der Waals surface area contributed by atoms with E-state index in [9.17, 15) is 4.79 Å². The number of nitrogens with one attached hydrogen (secondary N) is 1. The largest absolute Gasteiger partial charge is 0.352 e. The Bertz CT molecular complexity index is 444. The van der Waals surface area contributed by atoms with Crippen LogP contribution in [0.2, 0.25) is 0 Å². The quantitative estimate of drug-likeness (QED) is 0.763. The van der Waals surface area contributed by atoms with E-state index in [0.717, 1.165) is 12.0 Å². The van der Waals surface area contributed by atoms with Crippen LogP contribution in [0.3, 0.4) is 0 Å². The molecule has 82 valence electrons. The smallest absolute Gasteiger partial charge is 0.228 e. The number of benzene rings is 1. The number of hydrogen-bond donors (Lipinski definition) is 1. The second-order valence-electron chi connectivity index (χ2n) is 4.27. The molecule has 0 fully saturated rings. The van der Waals surface area contributed by atoms with Gasteiger partial charge in [0, 0.05) is 12.5 Å². The van der Waals surface area contributed by atoms with Crippen LogP contribution in [-0.4, -0.2) is 11.9 Å². The highest BCUT2D eigenvalue weighted by Crippen LogP contribution is 2.34. The maximum Gasteiger partial charge on any atom is 0.228 e. The number of terminal acetylenes is 1. The Kier molecular flexibility index (Phi) is 2.96. The van der Waals surface area contributed by atoms with Gasteiger partial charge < -0.3 is 5.32 Å². The molecule has 0 spiro atoms. The first-order chi connectivity index (χ1) is 7.72. The molecule has 0 radical (unpaired) electrons. The predicted molar refractivity (Wildman–Crippen MR) is 63.9 cm³/mol. The van der Waals surface area contributed by atoms with Gasteiger partial charge in [-0.05, 0) is 24.5 Å². The minimum atomic E-state index is 0.0245. The summed E-state index contributed by atoms with van der Waals surface area (Å²) in [5.74, 6) is 2.68. The summed E-state index contributed by atoms with van der Waals surface area (Å²) in [7, 11) is 0. The molecule has 1 N–H and O–H groups in total. The maximum atomic E-state index is 11.9. The molecule has 2 unspecified atom stereocenters. The van der Waals surface area contributed by atoms with Gasteiger partial charge in [-0.3, -0.25) is 4.79 Å². The average Bonchev–Trinajstić information content (AvgIpc) is 2.20. The van der Waals surface area contributed by atoms with E-state index < -0.39 is 0 Å². The molecule has 1 amide bonds. The van der Waals surface area contributed by atoms with Crippen molar-refractivity contribution in [3.8, 4) is 12.3 Å². The van der Waals surface area contributed by atoms with Crippen LogP contribution in [0.1, 0.15) is 30.4 Å².